The molecule has 4 heterocycles. The van der Waals surface area contributed by atoms with Gasteiger partial charge in [0, 0.05) is 68.0 Å². The molecular weight excluding hydrogens is 546 g/mol. The summed E-state index contributed by atoms with van der Waals surface area (Å²) in [7, 11) is 3.85. The maximum Gasteiger partial charge on any atom is 0.417 e. The summed E-state index contributed by atoms with van der Waals surface area (Å²) in [5.41, 5.74) is -2.29. The average molecular weight is 576 g/mol. The lowest BCUT2D eigenvalue weighted by molar-refractivity contribution is -0.138. The number of pyridine rings is 1. The van der Waals surface area contributed by atoms with E-state index in [2.05, 4.69) is 20.3 Å². The van der Waals surface area contributed by atoms with Gasteiger partial charge in [-0.15, -0.1) is 0 Å². The first kappa shape index (κ1) is 28.5. The Morgan fingerprint density at radius 3 is 2.44 bits per heavy atom. The summed E-state index contributed by atoms with van der Waals surface area (Å²) in [5.74, 6) is -1.24. The number of anilines is 3. The Labute approximate surface area is 233 Å². The average Bonchev–Trinajstić information content (AvgIpc) is 3.44. The fourth-order valence-corrected chi connectivity index (χ4v) is 5.00. The van der Waals surface area contributed by atoms with Gasteiger partial charge < -0.3 is 29.7 Å². The van der Waals surface area contributed by atoms with Crippen LogP contribution in [0.5, 0.6) is 0 Å². The van der Waals surface area contributed by atoms with Gasteiger partial charge in [0.1, 0.15) is 5.82 Å². The number of likely N-dealkylation sites (N-methyl/N-ethyl adjacent to an activating group) is 1. The van der Waals surface area contributed by atoms with Crippen LogP contribution in [0.25, 0.3) is 11.1 Å². The monoisotopic (exact) mass is 575 g/mol. The zero-order valence-electron chi connectivity index (χ0n) is 22.5. The van der Waals surface area contributed by atoms with Crippen molar-refractivity contribution in [3.8, 4) is 11.1 Å². The number of ether oxygens (including phenoxy) is 1. The Hall–Kier alpha value is -4.04. The molecule has 1 amide bonds. The van der Waals surface area contributed by atoms with E-state index in [1.807, 2.05) is 28.8 Å². The predicted octanol–water partition coefficient (Wildman–Crippen LogP) is 3.22. The molecule has 5 rings (SSSR count). The van der Waals surface area contributed by atoms with E-state index in [9.17, 15) is 22.8 Å². The number of aromatic nitrogens is 3. The number of aromatic amines is 1. The molecule has 0 unspecified atom stereocenters. The Balaban J connectivity index is 1.52. The van der Waals surface area contributed by atoms with Gasteiger partial charge in [-0.3, -0.25) is 9.59 Å². The van der Waals surface area contributed by atoms with Crippen molar-refractivity contribution in [3.63, 3.8) is 0 Å². The highest BCUT2D eigenvalue weighted by Gasteiger charge is 2.36. The van der Waals surface area contributed by atoms with E-state index in [1.54, 1.807) is 0 Å². The number of benzene rings is 1. The van der Waals surface area contributed by atoms with E-state index in [0.29, 0.717) is 62.7 Å². The third-order valence-corrected chi connectivity index (χ3v) is 7.29. The van der Waals surface area contributed by atoms with Crippen LogP contribution < -0.4 is 20.7 Å². The zero-order chi connectivity index (χ0) is 29.3. The second-order valence-electron chi connectivity index (χ2n) is 10.1. The van der Waals surface area contributed by atoms with Gasteiger partial charge in [-0.25, -0.2) is 14.4 Å². The number of carbonyl (C=O) groups excluding carboxylic acids is 1. The third kappa shape index (κ3) is 6.17. The molecule has 1 atom stereocenters. The number of nitrogens with zero attached hydrogens (tertiary/aromatic N) is 5. The van der Waals surface area contributed by atoms with Gasteiger partial charge in [0.25, 0.3) is 5.91 Å². The molecule has 14 heteroatoms. The fraction of sp³-hybridized carbons (Fsp3) is 0.407. The predicted molar refractivity (Wildman–Crippen MR) is 145 cm³/mol. The van der Waals surface area contributed by atoms with E-state index >= 15 is 4.39 Å². The van der Waals surface area contributed by atoms with Crippen molar-refractivity contribution < 1.29 is 27.1 Å². The number of hydrogen-bond acceptors (Lipinski definition) is 8. The standard InChI is InChI=1S/C27H29F4N7O3/c1-36(2)17-3-4-38(15-17)23-11-21(28)18(16-12-33-26(34-13-16)37-5-7-41-8-6-37)9-22(23)35-25(40)19-14-32-24(39)10-20(19)27(29,30)31/h9-14,17H,3-8,15H2,1-2H3,(H,32,39)(H,35,40)/t17-/m1/s1. The fourth-order valence-electron chi connectivity index (χ4n) is 5.00. The molecule has 2 aliphatic rings. The van der Waals surface area contributed by atoms with Crippen LogP contribution >= 0.6 is 0 Å². The summed E-state index contributed by atoms with van der Waals surface area (Å²) in [6.45, 7) is 3.40. The number of alkyl halides is 3. The first-order valence-electron chi connectivity index (χ1n) is 13.0. The van der Waals surface area contributed by atoms with E-state index in [1.165, 1.54) is 24.5 Å². The molecule has 2 saturated heterocycles. The van der Waals surface area contributed by atoms with Gasteiger partial charge in [-0.1, -0.05) is 0 Å². The van der Waals surface area contributed by atoms with E-state index in [0.717, 1.165) is 12.6 Å². The third-order valence-electron chi connectivity index (χ3n) is 7.29. The Kier molecular flexibility index (Phi) is 7.95. The highest BCUT2D eigenvalue weighted by atomic mass is 19.4. The first-order valence-corrected chi connectivity index (χ1v) is 13.0. The number of amides is 1. The molecule has 0 aliphatic carbocycles. The van der Waals surface area contributed by atoms with Gasteiger partial charge in [0.05, 0.1) is 35.7 Å². The minimum absolute atomic E-state index is 0.0680. The molecule has 0 bridgehead atoms. The summed E-state index contributed by atoms with van der Waals surface area (Å²) >= 11 is 0. The number of rotatable bonds is 6. The second kappa shape index (κ2) is 11.4. The largest absolute Gasteiger partial charge is 0.417 e. The number of H-pyrrole nitrogens is 1. The van der Waals surface area contributed by atoms with Crippen LogP contribution in [-0.2, 0) is 10.9 Å². The van der Waals surface area contributed by atoms with Crippen LogP contribution in [0.2, 0.25) is 0 Å². The Morgan fingerprint density at radius 2 is 1.80 bits per heavy atom. The van der Waals surface area contributed by atoms with Crippen molar-refractivity contribution >= 4 is 23.2 Å². The van der Waals surface area contributed by atoms with Crippen LogP contribution in [0, 0.1) is 5.82 Å². The SMILES string of the molecule is CN(C)[C@@H]1CCN(c2cc(F)c(-c3cnc(N4CCOCC4)nc3)cc2NC(=O)c2c[nH]c(=O)cc2C(F)(F)F)C1. The molecule has 2 aromatic heterocycles. The zero-order valence-corrected chi connectivity index (χ0v) is 22.5. The number of morpholine rings is 1. The number of halogens is 4. The molecule has 2 aliphatic heterocycles. The van der Waals surface area contributed by atoms with Gasteiger partial charge in [-0.2, -0.15) is 13.2 Å². The van der Waals surface area contributed by atoms with Crippen molar-refractivity contribution in [2.24, 2.45) is 0 Å². The highest BCUT2D eigenvalue weighted by molar-refractivity contribution is 6.07. The van der Waals surface area contributed by atoms with Crippen LogP contribution in [-0.4, -0.2) is 85.3 Å². The molecule has 0 saturated carbocycles. The molecule has 10 nitrogen and oxygen atoms in total. The topological polar surface area (TPSA) is 107 Å². The molecule has 0 spiro atoms. The first-order chi connectivity index (χ1) is 19.5. The van der Waals surface area contributed by atoms with E-state index in [-0.39, 0.29) is 17.3 Å². The van der Waals surface area contributed by atoms with Crippen molar-refractivity contribution in [1.29, 1.82) is 0 Å². The molecular formula is C27H29F4N7O3. The normalized spacial score (nSPS) is 17.8. The molecule has 2 fully saturated rings. The summed E-state index contributed by atoms with van der Waals surface area (Å²) in [6.07, 6.45) is -0.517. The molecule has 1 aromatic carbocycles. The summed E-state index contributed by atoms with van der Waals surface area (Å²) in [5, 5.41) is 2.53. The number of hydrogen-bond donors (Lipinski definition) is 2. The lowest BCUT2D eigenvalue weighted by atomic mass is 10.0. The second-order valence-corrected chi connectivity index (χ2v) is 10.1. The minimum atomic E-state index is -4.94. The molecule has 2 N–H and O–H groups in total. The molecule has 0 radical (unpaired) electrons. The van der Waals surface area contributed by atoms with Crippen molar-refractivity contribution in [1.82, 2.24) is 19.9 Å². The van der Waals surface area contributed by atoms with Crippen LogP contribution in [0.1, 0.15) is 22.3 Å². The van der Waals surface area contributed by atoms with Gasteiger partial charge in [-0.05, 0) is 32.6 Å². The van der Waals surface area contributed by atoms with Crippen LogP contribution in [0.3, 0.4) is 0 Å². The van der Waals surface area contributed by atoms with Crippen molar-refractivity contribution in [2.75, 3.05) is 68.6 Å². The minimum Gasteiger partial charge on any atom is -0.378 e. The molecule has 41 heavy (non-hydrogen) atoms. The maximum absolute atomic E-state index is 15.6. The summed E-state index contributed by atoms with van der Waals surface area (Å²) in [4.78, 5) is 41.5. The molecule has 218 valence electrons. The van der Waals surface area contributed by atoms with E-state index in [4.69, 9.17) is 4.74 Å². The van der Waals surface area contributed by atoms with Crippen LogP contribution in [0.15, 0.2) is 41.6 Å². The lowest BCUT2D eigenvalue weighted by Crippen LogP contribution is -2.37. The maximum atomic E-state index is 15.6. The van der Waals surface area contributed by atoms with Crippen molar-refractivity contribution in [2.45, 2.75) is 18.6 Å². The number of carbonyl (C=O) groups is 1. The lowest BCUT2D eigenvalue weighted by Gasteiger charge is -2.27. The molecule has 3 aromatic rings. The van der Waals surface area contributed by atoms with Crippen molar-refractivity contribution in [3.05, 3.63) is 64.1 Å². The number of nitrogens with one attached hydrogen (secondary N) is 2. The summed E-state index contributed by atoms with van der Waals surface area (Å²) in [6, 6.07) is 3.13. The smallest absolute Gasteiger partial charge is 0.378 e. The van der Waals surface area contributed by atoms with Crippen LogP contribution in [0.4, 0.5) is 34.9 Å². The summed E-state index contributed by atoms with van der Waals surface area (Å²) < 4.78 is 61.9. The van der Waals surface area contributed by atoms with E-state index < -0.39 is 34.6 Å². The highest BCUT2D eigenvalue weighted by Crippen LogP contribution is 2.37. The van der Waals surface area contributed by atoms with Gasteiger partial charge in [0.15, 0.2) is 0 Å². The Bertz CT molecular complexity index is 1470. The van der Waals surface area contributed by atoms with Gasteiger partial charge in [0.2, 0.25) is 11.5 Å². The van der Waals surface area contributed by atoms with Gasteiger partial charge >= 0.3 is 6.18 Å². The quantitative estimate of drug-likeness (QED) is 0.432. The Morgan fingerprint density at radius 1 is 1.10 bits per heavy atom.